The van der Waals surface area contributed by atoms with E-state index in [4.69, 9.17) is 0 Å². The summed E-state index contributed by atoms with van der Waals surface area (Å²) >= 11 is 0. The minimum atomic E-state index is -0.438. The van der Waals surface area contributed by atoms with Crippen molar-refractivity contribution < 1.29 is 18.9 Å². The number of amides is 2. The lowest BCUT2D eigenvalue weighted by Crippen LogP contribution is -3.15. The molecule has 26 heavy (non-hydrogen) atoms. The molecule has 0 bridgehead atoms. The van der Waals surface area contributed by atoms with Gasteiger partial charge >= 0.3 is 0 Å². The first-order valence-electron chi connectivity index (χ1n) is 8.81. The quantitative estimate of drug-likeness (QED) is 0.830. The highest BCUT2D eigenvalue weighted by Crippen LogP contribution is 2.11. The number of hydrogen-bond donors (Lipinski definition) is 2. The fourth-order valence-electron chi connectivity index (χ4n) is 3.12. The van der Waals surface area contributed by atoms with Crippen molar-refractivity contribution >= 4 is 17.5 Å². The molecule has 5 nitrogen and oxygen atoms in total. The van der Waals surface area contributed by atoms with E-state index in [1.54, 1.807) is 18.2 Å². The molecule has 0 atom stereocenters. The van der Waals surface area contributed by atoms with E-state index in [1.165, 1.54) is 6.07 Å². The van der Waals surface area contributed by atoms with Gasteiger partial charge in [0.15, 0.2) is 6.54 Å². The number of piperazine rings is 1. The van der Waals surface area contributed by atoms with Crippen LogP contribution in [0.3, 0.4) is 0 Å². The highest BCUT2D eigenvalue weighted by atomic mass is 19.1. The molecule has 3 rings (SSSR count). The number of carbonyl (C=O) groups excluding carboxylic acids is 2. The third-order valence-electron chi connectivity index (χ3n) is 4.58. The second kappa shape index (κ2) is 8.58. The van der Waals surface area contributed by atoms with Crippen LogP contribution in [0.1, 0.15) is 5.56 Å². The van der Waals surface area contributed by atoms with Gasteiger partial charge in [-0.25, -0.2) is 4.39 Å². The number of anilines is 1. The Morgan fingerprint density at radius 3 is 2.35 bits per heavy atom. The van der Waals surface area contributed by atoms with Gasteiger partial charge in [0, 0.05) is 0 Å². The lowest BCUT2D eigenvalue weighted by molar-refractivity contribution is -0.895. The Balaban J connectivity index is 1.44. The Morgan fingerprint density at radius 2 is 1.65 bits per heavy atom. The van der Waals surface area contributed by atoms with Gasteiger partial charge in [-0.05, 0) is 17.7 Å². The maximum absolute atomic E-state index is 13.6. The van der Waals surface area contributed by atoms with Crippen molar-refractivity contribution in [2.75, 3.05) is 38.0 Å². The summed E-state index contributed by atoms with van der Waals surface area (Å²) in [4.78, 5) is 27.4. The summed E-state index contributed by atoms with van der Waals surface area (Å²) in [7, 11) is 0. The first kappa shape index (κ1) is 18.1. The molecule has 6 heteroatoms. The zero-order valence-electron chi connectivity index (χ0n) is 14.6. The molecule has 0 radical (unpaired) electrons. The van der Waals surface area contributed by atoms with Gasteiger partial charge in [0.25, 0.3) is 5.91 Å². The SMILES string of the molecule is O=C(C[NH+]1CCN(C(=O)Cc2ccccc2)CC1)Nc1ccccc1F. The molecule has 1 heterocycles. The predicted molar refractivity (Wildman–Crippen MR) is 97.3 cm³/mol. The minimum absolute atomic E-state index is 0.117. The van der Waals surface area contributed by atoms with Crippen molar-refractivity contribution in [3.63, 3.8) is 0 Å². The first-order chi connectivity index (χ1) is 12.6. The summed E-state index contributed by atoms with van der Waals surface area (Å²) < 4.78 is 13.6. The zero-order valence-corrected chi connectivity index (χ0v) is 14.6. The Bertz CT molecular complexity index is 759. The van der Waals surface area contributed by atoms with Gasteiger partial charge in [0.1, 0.15) is 5.82 Å². The van der Waals surface area contributed by atoms with Crippen LogP contribution in [-0.2, 0) is 16.0 Å². The standard InChI is InChI=1S/C20H22FN3O2/c21-17-8-4-5-9-18(17)22-19(25)15-23-10-12-24(13-11-23)20(26)14-16-6-2-1-3-7-16/h1-9H,10-15H2,(H,22,25)/p+1. The topological polar surface area (TPSA) is 53.9 Å². The average molecular weight is 356 g/mol. The molecular formula is C20H23FN3O2+. The van der Waals surface area contributed by atoms with E-state index in [0.29, 0.717) is 32.6 Å². The number of quaternary nitrogens is 1. The Hall–Kier alpha value is -2.73. The third-order valence-corrected chi connectivity index (χ3v) is 4.58. The molecule has 2 aromatic rings. The number of rotatable bonds is 5. The van der Waals surface area contributed by atoms with Crippen LogP contribution in [0.15, 0.2) is 54.6 Å². The van der Waals surface area contributed by atoms with Crippen LogP contribution in [0.5, 0.6) is 0 Å². The summed E-state index contributed by atoms with van der Waals surface area (Å²) in [5, 5.41) is 2.61. The molecule has 1 aliphatic rings. The number of hydrogen-bond acceptors (Lipinski definition) is 2. The van der Waals surface area contributed by atoms with Crippen molar-refractivity contribution in [3.05, 3.63) is 66.0 Å². The number of carbonyl (C=O) groups is 2. The summed E-state index contributed by atoms with van der Waals surface area (Å²) in [6, 6.07) is 15.8. The summed E-state index contributed by atoms with van der Waals surface area (Å²) in [6.07, 6.45) is 0.407. The fraction of sp³-hybridized carbons (Fsp3) is 0.300. The van der Waals surface area contributed by atoms with Crippen LogP contribution < -0.4 is 10.2 Å². The van der Waals surface area contributed by atoms with Gasteiger partial charge in [-0.1, -0.05) is 42.5 Å². The normalized spacial score (nSPS) is 14.9. The highest BCUT2D eigenvalue weighted by Gasteiger charge is 2.25. The molecule has 1 aliphatic heterocycles. The Morgan fingerprint density at radius 1 is 1.00 bits per heavy atom. The van der Waals surface area contributed by atoms with Crippen molar-refractivity contribution in [3.8, 4) is 0 Å². The number of nitrogens with zero attached hydrogens (tertiary/aromatic N) is 1. The molecule has 0 aliphatic carbocycles. The molecule has 0 spiro atoms. The van der Waals surface area contributed by atoms with Gasteiger partial charge in [-0.2, -0.15) is 0 Å². The van der Waals surface area contributed by atoms with E-state index < -0.39 is 5.82 Å². The first-order valence-corrected chi connectivity index (χ1v) is 8.81. The van der Waals surface area contributed by atoms with Crippen LogP contribution >= 0.6 is 0 Å². The predicted octanol–water partition coefficient (Wildman–Crippen LogP) is 0.734. The largest absolute Gasteiger partial charge is 0.331 e. The maximum atomic E-state index is 13.6. The molecular weight excluding hydrogens is 333 g/mol. The van der Waals surface area contributed by atoms with Crippen LogP contribution in [0.2, 0.25) is 0 Å². The second-order valence-corrected chi connectivity index (χ2v) is 6.50. The number of nitrogens with one attached hydrogen (secondary N) is 2. The summed E-state index contributed by atoms with van der Waals surface area (Å²) in [6.45, 7) is 2.97. The van der Waals surface area contributed by atoms with E-state index >= 15 is 0 Å². The van der Waals surface area contributed by atoms with Gasteiger partial charge < -0.3 is 15.1 Å². The van der Waals surface area contributed by atoms with Crippen LogP contribution in [0, 0.1) is 5.82 Å². The van der Waals surface area contributed by atoms with Crippen molar-refractivity contribution in [1.82, 2.24) is 4.90 Å². The minimum Gasteiger partial charge on any atom is -0.331 e. The molecule has 1 saturated heterocycles. The maximum Gasteiger partial charge on any atom is 0.279 e. The lowest BCUT2D eigenvalue weighted by Gasteiger charge is -2.32. The fourth-order valence-corrected chi connectivity index (χ4v) is 3.12. The Labute approximate surface area is 152 Å². The molecule has 2 aromatic carbocycles. The van der Waals surface area contributed by atoms with Gasteiger partial charge in [0.2, 0.25) is 5.91 Å². The monoisotopic (exact) mass is 356 g/mol. The van der Waals surface area contributed by atoms with Crippen molar-refractivity contribution in [2.45, 2.75) is 6.42 Å². The molecule has 1 fully saturated rings. The summed E-state index contributed by atoms with van der Waals surface area (Å²) in [5.74, 6) is -0.535. The van der Waals surface area contributed by atoms with E-state index in [1.807, 2.05) is 35.2 Å². The molecule has 136 valence electrons. The van der Waals surface area contributed by atoms with E-state index in [9.17, 15) is 14.0 Å². The number of benzene rings is 2. The van der Waals surface area contributed by atoms with E-state index in [-0.39, 0.29) is 24.0 Å². The zero-order chi connectivity index (χ0) is 18.4. The van der Waals surface area contributed by atoms with Gasteiger partial charge in [-0.15, -0.1) is 0 Å². The third kappa shape index (κ3) is 4.89. The summed E-state index contributed by atoms with van der Waals surface area (Å²) in [5.41, 5.74) is 1.21. The molecule has 0 aromatic heterocycles. The molecule has 0 unspecified atom stereocenters. The van der Waals surface area contributed by atoms with E-state index in [0.717, 1.165) is 10.5 Å². The molecule has 0 saturated carbocycles. The van der Waals surface area contributed by atoms with Gasteiger partial charge in [0.05, 0.1) is 38.3 Å². The lowest BCUT2D eigenvalue weighted by atomic mass is 10.1. The average Bonchev–Trinajstić information content (AvgIpc) is 2.65. The van der Waals surface area contributed by atoms with Crippen LogP contribution in [-0.4, -0.2) is 49.4 Å². The van der Waals surface area contributed by atoms with Crippen LogP contribution in [0.25, 0.3) is 0 Å². The van der Waals surface area contributed by atoms with Crippen molar-refractivity contribution in [1.29, 1.82) is 0 Å². The Kier molecular flexibility index (Phi) is 5.96. The number of halogens is 1. The smallest absolute Gasteiger partial charge is 0.279 e. The number of para-hydroxylation sites is 1. The highest BCUT2D eigenvalue weighted by molar-refractivity contribution is 5.91. The second-order valence-electron chi connectivity index (χ2n) is 6.50. The van der Waals surface area contributed by atoms with Gasteiger partial charge in [-0.3, -0.25) is 9.59 Å². The van der Waals surface area contributed by atoms with Crippen LogP contribution in [0.4, 0.5) is 10.1 Å². The van der Waals surface area contributed by atoms with E-state index in [2.05, 4.69) is 5.32 Å². The molecule has 2 amide bonds. The van der Waals surface area contributed by atoms with Crippen molar-refractivity contribution in [2.24, 2.45) is 0 Å². The molecule has 2 N–H and O–H groups in total.